The molecule has 2 rings (SSSR count). The van der Waals surface area contributed by atoms with Gasteiger partial charge in [0.15, 0.2) is 5.96 Å². The van der Waals surface area contributed by atoms with Crippen molar-refractivity contribution in [2.75, 3.05) is 13.6 Å². The van der Waals surface area contributed by atoms with Crippen molar-refractivity contribution in [3.63, 3.8) is 0 Å². The number of amides is 1. The summed E-state index contributed by atoms with van der Waals surface area (Å²) in [4.78, 5) is 15.9. The second kappa shape index (κ2) is 9.02. The third-order valence-electron chi connectivity index (χ3n) is 3.64. The van der Waals surface area contributed by atoms with Crippen LogP contribution in [0.2, 0.25) is 5.02 Å². The van der Waals surface area contributed by atoms with Gasteiger partial charge in [-0.05, 0) is 39.3 Å². The Balaban J connectivity index is 0.00000312. The van der Waals surface area contributed by atoms with Crippen LogP contribution in [0.1, 0.15) is 38.7 Å². The van der Waals surface area contributed by atoms with E-state index in [2.05, 4.69) is 20.9 Å². The highest BCUT2D eigenvalue weighted by Crippen LogP contribution is 2.44. The van der Waals surface area contributed by atoms with Crippen molar-refractivity contribution >= 4 is 47.4 Å². The van der Waals surface area contributed by atoms with Crippen LogP contribution in [0.3, 0.4) is 0 Å². The summed E-state index contributed by atoms with van der Waals surface area (Å²) in [5.41, 5.74) is 0.261. The first-order chi connectivity index (χ1) is 11.2. The minimum atomic E-state index is -0.288. The topological polar surface area (TPSA) is 65.5 Å². The third-order valence-corrected chi connectivity index (χ3v) is 3.97. The number of nitrogens with zero attached hydrogens (tertiary/aromatic N) is 1. The zero-order valence-corrected chi connectivity index (χ0v) is 17.9. The van der Waals surface area contributed by atoms with E-state index in [0.717, 1.165) is 6.42 Å². The molecule has 2 atom stereocenters. The number of hydrogen-bond donors (Lipinski definition) is 3. The molecule has 1 aliphatic rings. The van der Waals surface area contributed by atoms with Gasteiger partial charge < -0.3 is 16.0 Å². The molecule has 0 radical (unpaired) electrons. The van der Waals surface area contributed by atoms with Crippen LogP contribution >= 0.6 is 35.6 Å². The van der Waals surface area contributed by atoms with E-state index in [9.17, 15) is 9.18 Å². The second-order valence-electron chi connectivity index (χ2n) is 6.95. The number of aliphatic imine (C=N–C) groups is 1. The lowest BCUT2D eigenvalue weighted by molar-refractivity contribution is -0.121. The summed E-state index contributed by atoms with van der Waals surface area (Å²) in [5, 5.41) is 9.47. The molecular formula is C17H25ClFIN4O. The number of halogens is 3. The molecule has 1 saturated carbocycles. The van der Waals surface area contributed by atoms with Crippen molar-refractivity contribution in [2.24, 2.45) is 4.99 Å². The maximum absolute atomic E-state index is 13.9. The molecule has 3 N–H and O–H groups in total. The number of hydrogen-bond acceptors (Lipinski definition) is 2. The zero-order valence-electron chi connectivity index (χ0n) is 14.8. The Labute approximate surface area is 170 Å². The zero-order chi connectivity index (χ0) is 17.9. The molecule has 1 aromatic carbocycles. The Kier molecular flexibility index (Phi) is 7.92. The number of nitrogens with one attached hydrogen (secondary N) is 3. The highest BCUT2D eigenvalue weighted by Gasteiger charge is 2.41. The Morgan fingerprint density at radius 3 is 2.64 bits per heavy atom. The quantitative estimate of drug-likeness (QED) is 0.351. The van der Waals surface area contributed by atoms with Crippen molar-refractivity contribution in [3.05, 3.63) is 34.6 Å². The lowest BCUT2D eigenvalue weighted by Gasteiger charge is -2.21. The fourth-order valence-corrected chi connectivity index (χ4v) is 2.84. The Morgan fingerprint density at radius 1 is 1.40 bits per heavy atom. The molecule has 1 fully saturated rings. The van der Waals surface area contributed by atoms with Crippen molar-refractivity contribution in [1.82, 2.24) is 16.0 Å². The lowest BCUT2D eigenvalue weighted by atomic mass is 10.1. The van der Waals surface area contributed by atoms with E-state index >= 15 is 0 Å². The monoisotopic (exact) mass is 482 g/mol. The molecule has 0 bridgehead atoms. The van der Waals surface area contributed by atoms with Crippen LogP contribution in [0.15, 0.2) is 23.2 Å². The molecular weight excluding hydrogens is 458 g/mol. The average molecular weight is 483 g/mol. The van der Waals surface area contributed by atoms with Gasteiger partial charge >= 0.3 is 0 Å². The minimum Gasteiger partial charge on any atom is -0.353 e. The van der Waals surface area contributed by atoms with Crippen LogP contribution in [-0.4, -0.2) is 37.0 Å². The molecule has 1 amide bonds. The van der Waals surface area contributed by atoms with E-state index in [1.165, 1.54) is 6.07 Å². The first kappa shape index (κ1) is 22.0. The van der Waals surface area contributed by atoms with Crippen LogP contribution in [0, 0.1) is 5.82 Å². The highest BCUT2D eigenvalue weighted by atomic mass is 127. The Morgan fingerprint density at radius 2 is 2.08 bits per heavy atom. The molecule has 140 valence electrons. The molecule has 0 aliphatic heterocycles. The van der Waals surface area contributed by atoms with Gasteiger partial charge in [-0.25, -0.2) is 4.39 Å². The van der Waals surface area contributed by atoms with Gasteiger partial charge in [0, 0.05) is 35.1 Å². The summed E-state index contributed by atoms with van der Waals surface area (Å²) in [6.07, 6.45) is 0.773. The number of guanidine groups is 1. The van der Waals surface area contributed by atoms with Crippen LogP contribution in [-0.2, 0) is 4.79 Å². The van der Waals surface area contributed by atoms with Crippen molar-refractivity contribution in [3.8, 4) is 0 Å². The van der Waals surface area contributed by atoms with Gasteiger partial charge in [0.1, 0.15) is 5.82 Å². The minimum absolute atomic E-state index is 0. The summed E-state index contributed by atoms with van der Waals surface area (Å²) < 4.78 is 13.9. The molecule has 8 heteroatoms. The van der Waals surface area contributed by atoms with Crippen LogP contribution < -0.4 is 16.0 Å². The van der Waals surface area contributed by atoms with Crippen LogP contribution in [0.25, 0.3) is 0 Å². The highest BCUT2D eigenvalue weighted by molar-refractivity contribution is 14.0. The van der Waals surface area contributed by atoms with Crippen LogP contribution in [0.4, 0.5) is 4.39 Å². The molecule has 1 aromatic rings. The molecule has 0 heterocycles. The predicted molar refractivity (Wildman–Crippen MR) is 110 cm³/mol. The normalized spacial score (nSPS) is 19.7. The molecule has 0 spiro atoms. The van der Waals surface area contributed by atoms with Crippen LogP contribution in [0.5, 0.6) is 0 Å². The molecule has 0 saturated heterocycles. The number of rotatable bonds is 4. The first-order valence-corrected chi connectivity index (χ1v) is 8.31. The van der Waals surface area contributed by atoms with Gasteiger partial charge in [0.25, 0.3) is 0 Å². The van der Waals surface area contributed by atoms with Gasteiger partial charge in [-0.3, -0.25) is 9.79 Å². The molecule has 2 unspecified atom stereocenters. The fourth-order valence-electron chi connectivity index (χ4n) is 2.54. The Hall–Kier alpha value is -1.09. The first-order valence-electron chi connectivity index (χ1n) is 7.93. The summed E-state index contributed by atoms with van der Waals surface area (Å²) in [6, 6.07) is 4.76. The van der Waals surface area contributed by atoms with E-state index in [1.54, 1.807) is 19.2 Å². The Bertz CT molecular complexity index is 628. The standard InChI is InChI=1S/C17H24ClFN4O.HI/c1-17(2,3)23-14(24)9-21-16(20-4)22-13-8-10(13)15-11(18)6-5-7-12(15)19;/h5-7,10,13H,8-9H2,1-4H3,(H,23,24)(H2,20,21,22);1H. The summed E-state index contributed by atoms with van der Waals surface area (Å²) in [5.74, 6) is 0.124. The molecule has 5 nitrogen and oxygen atoms in total. The van der Waals surface area contributed by atoms with Gasteiger partial charge in [-0.1, -0.05) is 17.7 Å². The van der Waals surface area contributed by atoms with Gasteiger partial charge in [-0.2, -0.15) is 0 Å². The number of benzene rings is 1. The van der Waals surface area contributed by atoms with E-state index in [-0.39, 0.29) is 59.7 Å². The SMILES string of the molecule is CN=C(NCC(=O)NC(C)(C)C)NC1CC1c1c(F)cccc1Cl.I. The largest absolute Gasteiger partial charge is 0.353 e. The molecule has 0 aromatic heterocycles. The van der Waals surface area contributed by atoms with Crippen molar-refractivity contribution in [1.29, 1.82) is 0 Å². The number of carbonyl (C=O) groups is 1. The maximum atomic E-state index is 13.9. The van der Waals surface area contributed by atoms with Crippen molar-refractivity contribution in [2.45, 2.75) is 44.7 Å². The van der Waals surface area contributed by atoms with E-state index < -0.39 is 0 Å². The van der Waals surface area contributed by atoms with Crippen molar-refractivity contribution < 1.29 is 9.18 Å². The predicted octanol–water partition coefficient (Wildman–Crippen LogP) is 3.03. The van der Waals surface area contributed by atoms with E-state index in [4.69, 9.17) is 11.6 Å². The third kappa shape index (κ3) is 6.62. The summed E-state index contributed by atoms with van der Waals surface area (Å²) in [6.45, 7) is 5.88. The van der Waals surface area contributed by atoms with Gasteiger partial charge in [-0.15, -0.1) is 24.0 Å². The van der Waals surface area contributed by atoms with E-state index in [0.29, 0.717) is 16.5 Å². The second-order valence-corrected chi connectivity index (χ2v) is 7.36. The molecule has 25 heavy (non-hydrogen) atoms. The van der Waals surface area contributed by atoms with Gasteiger partial charge in [0.2, 0.25) is 5.91 Å². The smallest absolute Gasteiger partial charge is 0.239 e. The fraction of sp³-hybridized carbons (Fsp3) is 0.529. The average Bonchev–Trinajstić information content (AvgIpc) is 3.20. The van der Waals surface area contributed by atoms with E-state index in [1.807, 2.05) is 20.8 Å². The summed E-state index contributed by atoms with van der Waals surface area (Å²) >= 11 is 6.10. The van der Waals surface area contributed by atoms with Gasteiger partial charge in [0.05, 0.1) is 6.54 Å². The number of carbonyl (C=O) groups excluding carboxylic acids is 1. The lowest BCUT2D eigenvalue weighted by Crippen LogP contribution is -2.48. The molecule has 1 aliphatic carbocycles. The summed E-state index contributed by atoms with van der Waals surface area (Å²) in [7, 11) is 1.63. The maximum Gasteiger partial charge on any atom is 0.239 e.